The number of hydrogen-bond donors (Lipinski definition) is 1. The van der Waals surface area contributed by atoms with Gasteiger partial charge >= 0.3 is 0 Å². The zero-order valence-corrected chi connectivity index (χ0v) is 14.2. The molecule has 122 valence electrons. The van der Waals surface area contributed by atoms with Gasteiger partial charge in [0.25, 0.3) is 0 Å². The van der Waals surface area contributed by atoms with Gasteiger partial charge in [-0.25, -0.2) is 0 Å². The van der Waals surface area contributed by atoms with Crippen molar-refractivity contribution in [3.8, 4) is 0 Å². The van der Waals surface area contributed by atoms with E-state index in [9.17, 15) is 0 Å². The Morgan fingerprint density at radius 3 is 2.50 bits per heavy atom. The van der Waals surface area contributed by atoms with Crippen LogP contribution in [0.2, 0.25) is 0 Å². The van der Waals surface area contributed by atoms with E-state index in [1.165, 1.54) is 50.0 Å². The molecule has 0 amide bonds. The van der Waals surface area contributed by atoms with E-state index in [2.05, 4.69) is 47.9 Å². The van der Waals surface area contributed by atoms with Gasteiger partial charge in [0, 0.05) is 44.0 Å². The maximum Gasteiger partial charge on any atom is 0.0396 e. The largest absolute Gasteiger partial charge is 0.368 e. The highest BCUT2D eigenvalue weighted by molar-refractivity contribution is 5.53. The highest BCUT2D eigenvalue weighted by Crippen LogP contribution is 2.27. The van der Waals surface area contributed by atoms with E-state index in [0.717, 1.165) is 19.0 Å². The Balaban J connectivity index is 1.55. The van der Waals surface area contributed by atoms with Crippen LogP contribution in [0.15, 0.2) is 24.3 Å². The molecule has 1 unspecified atom stereocenters. The van der Waals surface area contributed by atoms with Gasteiger partial charge in [-0.05, 0) is 57.1 Å². The van der Waals surface area contributed by atoms with Gasteiger partial charge in [0.1, 0.15) is 0 Å². The van der Waals surface area contributed by atoms with Crippen molar-refractivity contribution in [2.45, 2.75) is 51.6 Å². The zero-order valence-electron chi connectivity index (χ0n) is 14.2. The number of hydrogen-bond acceptors (Lipinski definition) is 3. The maximum atomic E-state index is 6.03. The monoisotopic (exact) mass is 301 g/mol. The van der Waals surface area contributed by atoms with E-state index < -0.39 is 0 Å². The molecular weight excluding hydrogens is 270 g/mol. The van der Waals surface area contributed by atoms with E-state index in [4.69, 9.17) is 5.73 Å². The fourth-order valence-corrected chi connectivity index (χ4v) is 4.11. The van der Waals surface area contributed by atoms with E-state index in [0.29, 0.717) is 12.1 Å². The minimum atomic E-state index is 0.464. The van der Waals surface area contributed by atoms with Crippen LogP contribution in [0.25, 0.3) is 0 Å². The van der Waals surface area contributed by atoms with E-state index >= 15 is 0 Å². The molecule has 1 aromatic rings. The van der Waals surface area contributed by atoms with Gasteiger partial charge in [-0.3, -0.25) is 4.90 Å². The molecule has 1 aliphatic carbocycles. The van der Waals surface area contributed by atoms with Crippen LogP contribution in [0.1, 0.15) is 38.2 Å². The molecule has 1 aliphatic heterocycles. The molecule has 0 radical (unpaired) electrons. The summed E-state index contributed by atoms with van der Waals surface area (Å²) >= 11 is 0. The standard InChI is InChI=1S/C19H31N3/c1-15-5-3-4-6-19(15)22-12-11-21(16(2)13-22)14-17-7-9-18(20)10-8-17/h3-6,16-18H,7-14,20H2,1-2H3. The summed E-state index contributed by atoms with van der Waals surface area (Å²) in [6.45, 7) is 9.38. The highest BCUT2D eigenvalue weighted by atomic mass is 15.3. The molecule has 1 saturated carbocycles. The van der Waals surface area contributed by atoms with Crippen LogP contribution in [0.4, 0.5) is 5.69 Å². The lowest BCUT2D eigenvalue weighted by molar-refractivity contribution is 0.141. The fraction of sp³-hybridized carbons (Fsp3) is 0.684. The fourth-order valence-electron chi connectivity index (χ4n) is 4.11. The third kappa shape index (κ3) is 3.64. The summed E-state index contributed by atoms with van der Waals surface area (Å²) in [6, 6.07) is 9.88. The van der Waals surface area contributed by atoms with Crippen molar-refractivity contribution in [2.75, 3.05) is 31.1 Å². The van der Waals surface area contributed by atoms with Crippen LogP contribution in [0, 0.1) is 12.8 Å². The lowest BCUT2D eigenvalue weighted by Gasteiger charge is -2.43. The molecule has 3 nitrogen and oxygen atoms in total. The molecule has 0 spiro atoms. The predicted molar refractivity (Wildman–Crippen MR) is 94.4 cm³/mol. The number of nitrogens with two attached hydrogens (primary N) is 1. The summed E-state index contributed by atoms with van der Waals surface area (Å²) in [4.78, 5) is 5.27. The molecule has 0 aromatic heterocycles. The molecule has 2 aliphatic rings. The van der Waals surface area contributed by atoms with E-state index in [1.807, 2.05) is 0 Å². The Morgan fingerprint density at radius 2 is 1.82 bits per heavy atom. The number of rotatable bonds is 3. The molecule has 1 heterocycles. The van der Waals surface area contributed by atoms with Crippen molar-refractivity contribution < 1.29 is 0 Å². The van der Waals surface area contributed by atoms with Gasteiger partial charge in [-0.1, -0.05) is 18.2 Å². The Kier molecular flexibility index (Phi) is 5.04. The highest BCUT2D eigenvalue weighted by Gasteiger charge is 2.28. The molecular formula is C19H31N3. The summed E-state index contributed by atoms with van der Waals surface area (Å²) in [7, 11) is 0. The Morgan fingerprint density at radius 1 is 1.09 bits per heavy atom. The number of aryl methyl sites for hydroxylation is 1. The Hall–Kier alpha value is -1.06. The average molecular weight is 301 g/mol. The van der Waals surface area contributed by atoms with E-state index in [1.54, 1.807) is 0 Å². The van der Waals surface area contributed by atoms with Crippen LogP contribution in [0.5, 0.6) is 0 Å². The van der Waals surface area contributed by atoms with Crippen molar-refractivity contribution in [2.24, 2.45) is 11.7 Å². The number of anilines is 1. The first-order valence-corrected chi connectivity index (χ1v) is 8.93. The summed E-state index contributed by atoms with van der Waals surface area (Å²) in [5.74, 6) is 0.868. The molecule has 2 N–H and O–H groups in total. The first-order valence-electron chi connectivity index (χ1n) is 8.93. The predicted octanol–water partition coefficient (Wildman–Crippen LogP) is 3.02. The second-order valence-corrected chi connectivity index (χ2v) is 7.36. The number of para-hydroxylation sites is 1. The minimum absolute atomic E-state index is 0.464. The molecule has 1 aromatic carbocycles. The Bertz CT molecular complexity index is 479. The normalized spacial score (nSPS) is 30.5. The quantitative estimate of drug-likeness (QED) is 0.931. The smallest absolute Gasteiger partial charge is 0.0396 e. The zero-order chi connectivity index (χ0) is 15.5. The lowest BCUT2D eigenvalue weighted by Crippen LogP contribution is -2.53. The lowest BCUT2D eigenvalue weighted by atomic mass is 9.86. The van der Waals surface area contributed by atoms with E-state index in [-0.39, 0.29) is 0 Å². The molecule has 2 fully saturated rings. The molecule has 3 rings (SSSR count). The van der Waals surface area contributed by atoms with Crippen molar-refractivity contribution >= 4 is 5.69 Å². The summed E-state index contributed by atoms with van der Waals surface area (Å²) in [6.07, 6.45) is 5.10. The third-order valence-corrected chi connectivity index (χ3v) is 5.61. The van der Waals surface area contributed by atoms with Gasteiger partial charge in [0.15, 0.2) is 0 Å². The van der Waals surface area contributed by atoms with Crippen molar-refractivity contribution in [3.05, 3.63) is 29.8 Å². The van der Waals surface area contributed by atoms with Crippen molar-refractivity contribution in [1.29, 1.82) is 0 Å². The maximum absolute atomic E-state index is 6.03. The van der Waals surface area contributed by atoms with Crippen LogP contribution < -0.4 is 10.6 Å². The molecule has 1 saturated heterocycles. The summed E-state index contributed by atoms with van der Waals surface area (Å²) in [5, 5.41) is 0. The molecule has 1 atom stereocenters. The van der Waals surface area contributed by atoms with Gasteiger partial charge in [0.05, 0.1) is 0 Å². The van der Waals surface area contributed by atoms with Crippen molar-refractivity contribution in [3.63, 3.8) is 0 Å². The molecule has 0 bridgehead atoms. The van der Waals surface area contributed by atoms with Crippen LogP contribution in [-0.2, 0) is 0 Å². The van der Waals surface area contributed by atoms with Crippen LogP contribution in [0.3, 0.4) is 0 Å². The van der Waals surface area contributed by atoms with Crippen LogP contribution in [-0.4, -0.2) is 43.2 Å². The SMILES string of the molecule is Cc1ccccc1N1CCN(CC2CCC(N)CC2)C(C)C1. The number of piperazine rings is 1. The van der Waals surface area contributed by atoms with Crippen molar-refractivity contribution in [1.82, 2.24) is 4.90 Å². The molecule has 3 heteroatoms. The second-order valence-electron chi connectivity index (χ2n) is 7.36. The topological polar surface area (TPSA) is 32.5 Å². The Labute approximate surface area is 135 Å². The second kappa shape index (κ2) is 7.01. The minimum Gasteiger partial charge on any atom is -0.368 e. The summed E-state index contributed by atoms with van der Waals surface area (Å²) in [5.41, 5.74) is 8.84. The molecule has 22 heavy (non-hydrogen) atoms. The van der Waals surface area contributed by atoms with Gasteiger partial charge in [-0.2, -0.15) is 0 Å². The number of benzene rings is 1. The first-order chi connectivity index (χ1) is 10.6. The third-order valence-electron chi connectivity index (χ3n) is 5.61. The van der Waals surface area contributed by atoms with Crippen LogP contribution >= 0.6 is 0 Å². The first kappa shape index (κ1) is 15.8. The van der Waals surface area contributed by atoms with Gasteiger partial charge < -0.3 is 10.6 Å². The van der Waals surface area contributed by atoms with Gasteiger partial charge in [0.2, 0.25) is 0 Å². The average Bonchev–Trinajstić information content (AvgIpc) is 2.52. The summed E-state index contributed by atoms with van der Waals surface area (Å²) < 4.78 is 0. The van der Waals surface area contributed by atoms with Gasteiger partial charge in [-0.15, -0.1) is 0 Å². The number of nitrogens with zero attached hydrogens (tertiary/aromatic N) is 2.